The molecule has 11 heteroatoms. The van der Waals surface area contributed by atoms with Crippen molar-refractivity contribution in [2.45, 2.75) is 19.8 Å². The van der Waals surface area contributed by atoms with Crippen LogP contribution in [-0.4, -0.2) is 83.7 Å². The molecular formula is C30H33N5O6. The molecule has 1 aliphatic heterocycles. The first-order valence-electron chi connectivity index (χ1n) is 13.2. The van der Waals surface area contributed by atoms with Gasteiger partial charge in [0.25, 0.3) is 17.6 Å². The Kier molecular flexibility index (Phi) is 11.0. The number of ketones is 1. The lowest BCUT2D eigenvalue weighted by Crippen LogP contribution is -2.52. The Morgan fingerprint density at radius 3 is 2.29 bits per heavy atom. The Labute approximate surface area is 238 Å². The summed E-state index contributed by atoms with van der Waals surface area (Å²) < 4.78 is 4.86. The number of benzene rings is 2. The zero-order valence-electron chi connectivity index (χ0n) is 22.9. The standard InChI is InChI=1S/C28H31N5O6.C2H2/c1-2-39-23(34)12-7-13-29-28(38)31-22-11-6-10-20-21(18-30-24(20)22)25(35)27(37)33-16-14-32(15-17-33)26(36)19-8-4-3-5-9-19;1-2/h3-6,8-11,18,30H,2,7,12-17H2,1H3,(H2,29,31,38);1-2H. The highest BCUT2D eigenvalue weighted by Crippen LogP contribution is 2.26. The molecule has 3 N–H and O–H groups in total. The maximum absolute atomic E-state index is 13.1. The number of hydrogen-bond donors (Lipinski definition) is 3. The number of aromatic nitrogens is 1. The van der Waals surface area contributed by atoms with E-state index in [0.29, 0.717) is 48.3 Å². The molecule has 0 spiro atoms. The van der Waals surface area contributed by atoms with Gasteiger partial charge in [0.1, 0.15) is 0 Å². The number of rotatable bonds is 9. The molecule has 1 fully saturated rings. The number of piperazine rings is 1. The number of carbonyl (C=O) groups excluding carboxylic acids is 5. The number of para-hydroxylation sites is 1. The highest BCUT2D eigenvalue weighted by molar-refractivity contribution is 6.45. The van der Waals surface area contributed by atoms with Crippen LogP contribution in [0.5, 0.6) is 0 Å². The number of fused-ring (bicyclic) bond motifs is 1. The summed E-state index contributed by atoms with van der Waals surface area (Å²) in [5.74, 6) is -1.72. The number of anilines is 1. The summed E-state index contributed by atoms with van der Waals surface area (Å²) in [6, 6.07) is 13.5. The molecule has 4 amide bonds. The van der Waals surface area contributed by atoms with Crippen LogP contribution in [0.2, 0.25) is 0 Å². The molecule has 3 aromatic rings. The van der Waals surface area contributed by atoms with Crippen molar-refractivity contribution < 1.29 is 28.7 Å². The first-order chi connectivity index (χ1) is 19.9. The molecule has 1 saturated heterocycles. The van der Waals surface area contributed by atoms with Gasteiger partial charge in [-0.3, -0.25) is 19.2 Å². The third-order valence-electron chi connectivity index (χ3n) is 6.43. The molecule has 0 radical (unpaired) electrons. The van der Waals surface area contributed by atoms with Gasteiger partial charge in [0.05, 0.1) is 23.4 Å². The van der Waals surface area contributed by atoms with E-state index in [0.717, 1.165) is 0 Å². The molecule has 2 heterocycles. The number of esters is 1. The van der Waals surface area contributed by atoms with Crippen molar-refractivity contribution in [2.75, 3.05) is 44.6 Å². The van der Waals surface area contributed by atoms with Gasteiger partial charge in [0.2, 0.25) is 0 Å². The van der Waals surface area contributed by atoms with Gasteiger partial charge in [0, 0.05) is 56.3 Å². The molecule has 2 aromatic carbocycles. The minimum Gasteiger partial charge on any atom is -0.466 e. The highest BCUT2D eigenvalue weighted by atomic mass is 16.5. The van der Waals surface area contributed by atoms with Gasteiger partial charge in [-0.05, 0) is 31.5 Å². The summed E-state index contributed by atoms with van der Waals surface area (Å²) in [6.07, 6.45) is 10.1. The second-order valence-electron chi connectivity index (χ2n) is 9.00. The Morgan fingerprint density at radius 2 is 1.61 bits per heavy atom. The first-order valence-corrected chi connectivity index (χ1v) is 13.2. The number of ether oxygens (including phenoxy) is 1. The molecule has 0 aliphatic carbocycles. The predicted octanol–water partition coefficient (Wildman–Crippen LogP) is 3.05. The van der Waals surface area contributed by atoms with E-state index in [1.54, 1.807) is 54.3 Å². The summed E-state index contributed by atoms with van der Waals surface area (Å²) in [6.45, 7) is 3.52. The van der Waals surface area contributed by atoms with Crippen molar-refractivity contribution in [2.24, 2.45) is 0 Å². The van der Waals surface area contributed by atoms with Crippen molar-refractivity contribution in [3.8, 4) is 12.8 Å². The highest BCUT2D eigenvalue weighted by Gasteiger charge is 2.30. The lowest BCUT2D eigenvalue weighted by Gasteiger charge is -2.34. The molecular weight excluding hydrogens is 526 g/mol. The van der Waals surface area contributed by atoms with Gasteiger partial charge in [-0.1, -0.05) is 30.3 Å². The number of terminal acetylenes is 1. The fraction of sp³-hybridized carbons (Fsp3) is 0.300. The van der Waals surface area contributed by atoms with E-state index in [9.17, 15) is 24.0 Å². The Bertz CT molecular complexity index is 1410. The molecule has 214 valence electrons. The fourth-order valence-electron chi connectivity index (χ4n) is 4.42. The number of carbonyl (C=O) groups is 5. The van der Waals surface area contributed by atoms with Crippen LogP contribution >= 0.6 is 0 Å². The molecule has 0 bridgehead atoms. The number of nitrogens with zero attached hydrogens (tertiary/aromatic N) is 2. The smallest absolute Gasteiger partial charge is 0.319 e. The Hall–Kier alpha value is -5.11. The number of aromatic amines is 1. The quantitative estimate of drug-likeness (QED) is 0.121. The number of Topliss-reactive ketones (excluding diaryl/α,β-unsaturated/α-hetero) is 1. The van der Waals surface area contributed by atoms with Gasteiger partial charge < -0.3 is 30.2 Å². The molecule has 4 rings (SSSR count). The average Bonchev–Trinajstić information content (AvgIpc) is 3.45. The molecule has 11 nitrogen and oxygen atoms in total. The summed E-state index contributed by atoms with van der Waals surface area (Å²) in [7, 11) is 0. The zero-order chi connectivity index (χ0) is 29.8. The largest absolute Gasteiger partial charge is 0.466 e. The minimum absolute atomic E-state index is 0.103. The number of urea groups is 1. The van der Waals surface area contributed by atoms with Gasteiger partial charge in [0.15, 0.2) is 0 Å². The van der Waals surface area contributed by atoms with E-state index in [-0.39, 0.29) is 43.5 Å². The fourth-order valence-corrected chi connectivity index (χ4v) is 4.42. The molecule has 1 aliphatic rings. The van der Waals surface area contributed by atoms with Crippen molar-refractivity contribution in [1.29, 1.82) is 0 Å². The first kappa shape index (κ1) is 30.4. The molecule has 0 atom stereocenters. The lowest BCUT2D eigenvalue weighted by atomic mass is 10.1. The minimum atomic E-state index is -0.662. The average molecular weight is 560 g/mol. The monoisotopic (exact) mass is 559 g/mol. The molecule has 41 heavy (non-hydrogen) atoms. The Morgan fingerprint density at radius 1 is 0.927 bits per heavy atom. The van der Waals surface area contributed by atoms with Crippen molar-refractivity contribution in [1.82, 2.24) is 20.1 Å². The normalized spacial score (nSPS) is 12.6. The predicted molar refractivity (Wildman–Crippen MR) is 154 cm³/mol. The second kappa shape index (κ2) is 14.9. The van der Waals surface area contributed by atoms with Gasteiger partial charge in [-0.25, -0.2) is 4.79 Å². The third-order valence-corrected chi connectivity index (χ3v) is 6.43. The van der Waals surface area contributed by atoms with Crippen molar-refractivity contribution in [3.63, 3.8) is 0 Å². The summed E-state index contributed by atoms with van der Waals surface area (Å²) in [5.41, 5.74) is 1.74. The van der Waals surface area contributed by atoms with E-state index in [2.05, 4.69) is 28.5 Å². The van der Waals surface area contributed by atoms with Crippen molar-refractivity contribution in [3.05, 3.63) is 65.9 Å². The lowest BCUT2D eigenvalue weighted by molar-refractivity contribution is -0.143. The van der Waals surface area contributed by atoms with Gasteiger partial charge in [-0.15, -0.1) is 12.8 Å². The van der Waals surface area contributed by atoms with Crippen LogP contribution in [0.1, 0.15) is 40.5 Å². The SMILES string of the molecule is C#C.CCOC(=O)CCCNC(=O)Nc1cccc2c(C(=O)C(=O)N3CCN(C(=O)c4ccccc4)CC3)c[nH]c12. The zero-order valence-corrected chi connectivity index (χ0v) is 22.9. The van der Waals surface area contributed by atoms with E-state index in [1.807, 2.05) is 6.07 Å². The Balaban J connectivity index is 0.00000226. The topological polar surface area (TPSA) is 141 Å². The van der Waals surface area contributed by atoms with E-state index >= 15 is 0 Å². The van der Waals surface area contributed by atoms with Gasteiger partial charge in [-0.2, -0.15) is 0 Å². The maximum Gasteiger partial charge on any atom is 0.319 e. The third kappa shape index (κ3) is 7.73. The van der Waals surface area contributed by atoms with Crippen LogP contribution in [0.15, 0.2) is 54.7 Å². The van der Waals surface area contributed by atoms with Crippen LogP contribution in [0.3, 0.4) is 0 Å². The maximum atomic E-state index is 13.1. The number of hydrogen-bond acceptors (Lipinski definition) is 6. The van der Waals surface area contributed by atoms with Crippen LogP contribution in [-0.2, 0) is 14.3 Å². The van der Waals surface area contributed by atoms with Crippen LogP contribution < -0.4 is 10.6 Å². The van der Waals surface area contributed by atoms with E-state index in [4.69, 9.17) is 4.74 Å². The molecule has 0 unspecified atom stereocenters. The van der Waals surface area contributed by atoms with E-state index in [1.165, 1.54) is 11.1 Å². The van der Waals surface area contributed by atoms with Crippen LogP contribution in [0.25, 0.3) is 10.9 Å². The van der Waals surface area contributed by atoms with Crippen LogP contribution in [0, 0.1) is 12.8 Å². The second-order valence-corrected chi connectivity index (χ2v) is 9.00. The summed E-state index contributed by atoms with van der Waals surface area (Å²) in [4.78, 5) is 68.7. The molecule has 0 saturated carbocycles. The number of amides is 4. The van der Waals surface area contributed by atoms with Crippen molar-refractivity contribution >= 4 is 46.2 Å². The number of H-pyrrole nitrogens is 1. The van der Waals surface area contributed by atoms with Gasteiger partial charge >= 0.3 is 12.0 Å². The summed E-state index contributed by atoms with van der Waals surface area (Å²) in [5, 5.41) is 5.91. The summed E-state index contributed by atoms with van der Waals surface area (Å²) >= 11 is 0. The molecule has 1 aromatic heterocycles. The van der Waals surface area contributed by atoms with Crippen LogP contribution in [0.4, 0.5) is 10.5 Å². The number of nitrogens with one attached hydrogen (secondary N) is 3. The van der Waals surface area contributed by atoms with E-state index < -0.39 is 17.7 Å².